The lowest BCUT2D eigenvalue weighted by atomic mass is 9.30. The minimum atomic E-state index is -0.252. The average Bonchev–Trinajstić information content (AvgIpc) is 3.58. The number of benzene rings is 10. The van der Waals surface area contributed by atoms with E-state index in [1.807, 2.05) is 0 Å². The number of para-hydroxylation sites is 5. The summed E-state index contributed by atoms with van der Waals surface area (Å²) in [5, 5.41) is 0. The number of ether oxygens (including phenoxy) is 2. The topological polar surface area (TPSA) is 31.4 Å². The van der Waals surface area contributed by atoms with Gasteiger partial charge in [-0.15, -0.1) is 0 Å². The molecule has 0 unspecified atom stereocenters. The Bertz CT molecular complexity index is 3950. The van der Waals surface area contributed by atoms with Crippen LogP contribution in [0.1, 0.15) is 52.7 Å². The Balaban J connectivity index is 1.11. The predicted molar refractivity (Wildman–Crippen MR) is 318 cm³/mol. The summed E-state index contributed by atoms with van der Waals surface area (Å²) in [5.74, 6) is 3.34. The summed E-state index contributed by atoms with van der Waals surface area (Å²) >= 11 is 0. The molecule has 0 amide bonds. The van der Waals surface area contributed by atoms with Gasteiger partial charge < -0.3 is 29.1 Å². The molecule has 0 fully saturated rings. The molecule has 364 valence electrons. The van der Waals surface area contributed by atoms with Crippen molar-refractivity contribution in [3.05, 3.63) is 230 Å². The zero-order valence-electron chi connectivity index (χ0n) is 43.5. The molecule has 2 bridgehead atoms. The van der Waals surface area contributed by atoms with Crippen LogP contribution in [0.2, 0.25) is 0 Å². The molecular formula is C68H54B2N4O2. The van der Waals surface area contributed by atoms with E-state index in [-0.39, 0.29) is 24.3 Å². The van der Waals surface area contributed by atoms with E-state index in [0.29, 0.717) is 0 Å². The van der Waals surface area contributed by atoms with Crippen molar-refractivity contribution in [2.24, 2.45) is 0 Å². The highest BCUT2D eigenvalue weighted by Crippen LogP contribution is 2.52. The molecular weight excluding hydrogens is 926 g/mol. The Kier molecular flexibility index (Phi) is 9.57. The number of anilines is 12. The first kappa shape index (κ1) is 44.6. The molecule has 0 atom stereocenters. The minimum absolute atomic E-state index is 0.162. The molecule has 0 saturated carbocycles. The van der Waals surface area contributed by atoms with Gasteiger partial charge in [-0.2, -0.15) is 0 Å². The smallest absolute Gasteiger partial charge is 0.261 e. The third kappa shape index (κ3) is 6.62. The lowest BCUT2D eigenvalue weighted by Gasteiger charge is -2.47. The van der Waals surface area contributed by atoms with Crippen LogP contribution in [-0.2, 0) is 10.8 Å². The zero-order chi connectivity index (χ0) is 51.2. The van der Waals surface area contributed by atoms with Gasteiger partial charge in [0.1, 0.15) is 23.0 Å². The Morgan fingerprint density at radius 3 is 1.28 bits per heavy atom. The lowest BCUT2D eigenvalue weighted by molar-refractivity contribution is 0.482. The molecule has 10 aromatic rings. The van der Waals surface area contributed by atoms with Gasteiger partial charge in [0.25, 0.3) is 13.4 Å². The second-order valence-electron chi connectivity index (χ2n) is 22.9. The van der Waals surface area contributed by atoms with Gasteiger partial charge in [0.15, 0.2) is 0 Å². The standard InChI is InChI=1S/C68H54B2N4O2/c1-67(2,3)43-35-55-63-56(36-43)73(48-29-18-10-19-30-48)54-42-60-52-41-51(54)69(63)64-53(72(55)47-27-16-9-17-28-47)33-22-34-59(64)75-62-40-50(71(45-23-12-7-13-24-45)46-25-14-8-15-26-46)39-58-66(62)70(52)65-57(74(58)49-31-20-11-21-32-49)37-44(68(4,5)6)38-61(65)76-60/h7-42H,1-6H3. The van der Waals surface area contributed by atoms with E-state index in [0.717, 1.165) is 107 Å². The van der Waals surface area contributed by atoms with Crippen LogP contribution in [-0.4, -0.2) is 13.4 Å². The van der Waals surface area contributed by atoms with E-state index in [9.17, 15) is 0 Å². The molecule has 15 rings (SSSR count). The van der Waals surface area contributed by atoms with Crippen LogP contribution < -0.4 is 61.9 Å². The largest absolute Gasteiger partial charge is 0.458 e. The fourth-order valence-electron chi connectivity index (χ4n) is 12.8. The number of hydrogen-bond donors (Lipinski definition) is 0. The van der Waals surface area contributed by atoms with Crippen molar-refractivity contribution in [3.8, 4) is 23.0 Å². The monoisotopic (exact) mass is 980 g/mol. The second kappa shape index (κ2) is 16.3. The zero-order valence-corrected chi connectivity index (χ0v) is 43.5. The molecule has 6 nitrogen and oxygen atoms in total. The summed E-state index contributed by atoms with van der Waals surface area (Å²) in [7, 11) is 0. The van der Waals surface area contributed by atoms with Gasteiger partial charge >= 0.3 is 0 Å². The molecule has 0 radical (unpaired) electrons. The van der Waals surface area contributed by atoms with Crippen molar-refractivity contribution in [2.75, 3.05) is 19.6 Å². The molecule has 10 aromatic carbocycles. The summed E-state index contributed by atoms with van der Waals surface area (Å²) in [6.45, 7) is 13.4. The fraction of sp³-hybridized carbons (Fsp3) is 0.118. The summed E-state index contributed by atoms with van der Waals surface area (Å²) < 4.78 is 15.6. The molecule has 5 heterocycles. The van der Waals surface area contributed by atoms with E-state index in [1.165, 1.54) is 27.7 Å². The molecule has 0 aliphatic carbocycles. The molecule has 8 heteroatoms. The first-order valence-electron chi connectivity index (χ1n) is 26.6. The summed E-state index contributed by atoms with van der Waals surface area (Å²) in [4.78, 5) is 9.83. The van der Waals surface area contributed by atoms with E-state index in [2.05, 4.69) is 280 Å². The van der Waals surface area contributed by atoms with Gasteiger partial charge in [0.2, 0.25) is 0 Å². The molecule has 0 aromatic heterocycles. The maximum absolute atomic E-state index is 8.01. The van der Waals surface area contributed by atoms with Crippen LogP contribution in [0, 0.1) is 0 Å². The van der Waals surface area contributed by atoms with Crippen molar-refractivity contribution < 1.29 is 9.47 Å². The first-order valence-corrected chi connectivity index (χ1v) is 26.6. The highest BCUT2D eigenvalue weighted by atomic mass is 16.5. The minimum Gasteiger partial charge on any atom is -0.458 e. The van der Waals surface area contributed by atoms with Gasteiger partial charge in [0.05, 0.1) is 5.69 Å². The van der Waals surface area contributed by atoms with Gasteiger partial charge in [0, 0.05) is 74.7 Å². The quantitative estimate of drug-likeness (QED) is 0.154. The number of hydrogen-bond acceptors (Lipinski definition) is 6. The van der Waals surface area contributed by atoms with E-state index < -0.39 is 0 Å². The summed E-state index contributed by atoms with van der Waals surface area (Å²) in [5.41, 5.74) is 22.0. The predicted octanol–water partition coefficient (Wildman–Crippen LogP) is 14.3. The molecule has 76 heavy (non-hydrogen) atoms. The SMILES string of the molecule is CC(C)(C)c1cc2c3c(c1)N(c1ccccc1)c1cc(N(c4ccccc4)c4ccccc4)cc4c1B3c1cc3c(cc1O2)N(c1ccccc1)c1cc(C(C)(C)C)cc2c1B3c1c(cccc1N2c1ccccc1)O4. The van der Waals surface area contributed by atoms with Crippen LogP contribution >= 0.6 is 0 Å². The Morgan fingerprint density at radius 2 is 0.737 bits per heavy atom. The van der Waals surface area contributed by atoms with E-state index >= 15 is 0 Å². The molecule has 5 aliphatic rings. The Hall–Kier alpha value is -8.87. The van der Waals surface area contributed by atoms with Gasteiger partial charge in [-0.25, -0.2) is 0 Å². The van der Waals surface area contributed by atoms with Crippen LogP contribution in [0.5, 0.6) is 23.0 Å². The lowest BCUT2D eigenvalue weighted by Crippen LogP contribution is -2.65. The van der Waals surface area contributed by atoms with Gasteiger partial charge in [-0.05, 0) is 158 Å². The molecule has 0 N–H and O–H groups in total. The average molecular weight is 981 g/mol. The van der Waals surface area contributed by atoms with Crippen molar-refractivity contribution >= 4 is 114 Å². The normalized spacial score (nSPS) is 14.0. The van der Waals surface area contributed by atoms with Crippen LogP contribution in [0.25, 0.3) is 0 Å². The number of nitrogens with zero attached hydrogens (tertiary/aromatic N) is 4. The highest BCUT2D eigenvalue weighted by molar-refractivity contribution is 7.03. The highest BCUT2D eigenvalue weighted by Gasteiger charge is 2.51. The van der Waals surface area contributed by atoms with Crippen molar-refractivity contribution in [2.45, 2.75) is 52.4 Å². The molecule has 0 saturated heterocycles. The third-order valence-electron chi connectivity index (χ3n) is 16.3. The summed E-state index contributed by atoms with van der Waals surface area (Å²) in [6, 6.07) is 80.0. The van der Waals surface area contributed by atoms with E-state index in [1.54, 1.807) is 0 Å². The van der Waals surface area contributed by atoms with Crippen molar-refractivity contribution in [1.82, 2.24) is 0 Å². The summed E-state index contributed by atoms with van der Waals surface area (Å²) in [6.07, 6.45) is 0. The van der Waals surface area contributed by atoms with Crippen LogP contribution in [0.3, 0.4) is 0 Å². The van der Waals surface area contributed by atoms with Crippen molar-refractivity contribution in [3.63, 3.8) is 0 Å². The molecule has 5 aliphatic heterocycles. The van der Waals surface area contributed by atoms with E-state index in [4.69, 9.17) is 9.47 Å². The van der Waals surface area contributed by atoms with Gasteiger partial charge in [-0.3, -0.25) is 0 Å². The first-order chi connectivity index (χ1) is 37.0. The van der Waals surface area contributed by atoms with Gasteiger partial charge in [-0.1, -0.05) is 145 Å². The second-order valence-corrected chi connectivity index (χ2v) is 22.9. The van der Waals surface area contributed by atoms with Crippen LogP contribution in [0.15, 0.2) is 218 Å². The van der Waals surface area contributed by atoms with Crippen LogP contribution in [0.4, 0.5) is 68.2 Å². The maximum Gasteiger partial charge on any atom is 0.261 e. The fourth-order valence-corrected chi connectivity index (χ4v) is 12.8. The number of rotatable bonds is 6. The Morgan fingerprint density at radius 1 is 0.316 bits per heavy atom. The van der Waals surface area contributed by atoms with Crippen molar-refractivity contribution in [1.29, 1.82) is 0 Å². The maximum atomic E-state index is 8.01. The molecule has 0 spiro atoms. The third-order valence-corrected chi connectivity index (χ3v) is 16.3. The Labute approximate surface area is 446 Å².